The van der Waals surface area contributed by atoms with Crippen LogP contribution in [-0.4, -0.2) is 19.9 Å². The molecule has 24 heavy (non-hydrogen) atoms. The molecule has 0 radical (unpaired) electrons. The van der Waals surface area contributed by atoms with E-state index in [0.717, 1.165) is 30.4 Å². The standard InChI is InChI=1S/C19H21N3O2/c1-14-5-7-16(8-6-14)13-22-19(24)20-18(21-22)4-2-3-15-9-11-17(23)12-10-15/h5-12,23H,2-4,13H2,1H3,(H,20,21,24). The zero-order valence-electron chi connectivity index (χ0n) is 13.7. The summed E-state index contributed by atoms with van der Waals surface area (Å²) in [5, 5.41) is 13.7. The predicted octanol–water partition coefficient (Wildman–Crippen LogP) is 2.81. The Hall–Kier alpha value is -2.82. The average molecular weight is 323 g/mol. The van der Waals surface area contributed by atoms with Crippen molar-refractivity contribution in [3.8, 4) is 5.75 Å². The molecule has 0 spiro atoms. The Balaban J connectivity index is 1.58. The van der Waals surface area contributed by atoms with Crippen molar-refractivity contribution in [2.75, 3.05) is 0 Å². The van der Waals surface area contributed by atoms with Gasteiger partial charge in [0.2, 0.25) is 0 Å². The van der Waals surface area contributed by atoms with Gasteiger partial charge in [-0.05, 0) is 43.0 Å². The van der Waals surface area contributed by atoms with Crippen LogP contribution >= 0.6 is 0 Å². The molecule has 0 aliphatic rings. The molecule has 5 heteroatoms. The fourth-order valence-electron chi connectivity index (χ4n) is 2.61. The molecular weight excluding hydrogens is 302 g/mol. The second kappa shape index (κ2) is 7.17. The molecule has 0 atom stereocenters. The van der Waals surface area contributed by atoms with E-state index < -0.39 is 0 Å². The van der Waals surface area contributed by atoms with Gasteiger partial charge in [0.1, 0.15) is 11.6 Å². The lowest BCUT2D eigenvalue weighted by Crippen LogP contribution is -2.18. The highest BCUT2D eigenvalue weighted by molar-refractivity contribution is 5.26. The van der Waals surface area contributed by atoms with Crippen molar-refractivity contribution >= 4 is 0 Å². The van der Waals surface area contributed by atoms with Crippen LogP contribution in [-0.2, 0) is 19.4 Å². The molecule has 0 fully saturated rings. The molecular formula is C19H21N3O2. The van der Waals surface area contributed by atoms with E-state index in [2.05, 4.69) is 10.1 Å². The monoisotopic (exact) mass is 323 g/mol. The molecule has 3 rings (SSSR count). The summed E-state index contributed by atoms with van der Waals surface area (Å²) in [5.41, 5.74) is 3.25. The van der Waals surface area contributed by atoms with Gasteiger partial charge in [-0.2, -0.15) is 5.10 Å². The highest BCUT2D eigenvalue weighted by Gasteiger charge is 2.06. The van der Waals surface area contributed by atoms with Crippen molar-refractivity contribution in [1.29, 1.82) is 0 Å². The van der Waals surface area contributed by atoms with Crippen LogP contribution in [0.3, 0.4) is 0 Å². The summed E-state index contributed by atoms with van der Waals surface area (Å²) in [6.45, 7) is 2.52. The Kier molecular flexibility index (Phi) is 4.79. The first-order valence-corrected chi connectivity index (χ1v) is 8.09. The third kappa shape index (κ3) is 4.13. The molecule has 0 bridgehead atoms. The normalized spacial score (nSPS) is 10.9. The smallest absolute Gasteiger partial charge is 0.343 e. The van der Waals surface area contributed by atoms with Gasteiger partial charge in [0.05, 0.1) is 6.54 Å². The number of hydrogen-bond acceptors (Lipinski definition) is 3. The number of aromatic nitrogens is 3. The van der Waals surface area contributed by atoms with Crippen LogP contribution in [0.25, 0.3) is 0 Å². The van der Waals surface area contributed by atoms with Gasteiger partial charge in [-0.3, -0.25) is 4.98 Å². The molecule has 0 amide bonds. The Morgan fingerprint density at radius 1 is 1.00 bits per heavy atom. The second-order valence-corrected chi connectivity index (χ2v) is 6.04. The van der Waals surface area contributed by atoms with Gasteiger partial charge in [-0.25, -0.2) is 9.48 Å². The predicted molar refractivity (Wildman–Crippen MR) is 93.3 cm³/mol. The fourth-order valence-corrected chi connectivity index (χ4v) is 2.61. The number of nitrogens with one attached hydrogen (secondary N) is 1. The number of H-pyrrole nitrogens is 1. The van der Waals surface area contributed by atoms with E-state index in [1.807, 2.05) is 43.3 Å². The van der Waals surface area contributed by atoms with Crippen LogP contribution in [0.15, 0.2) is 53.3 Å². The van der Waals surface area contributed by atoms with E-state index in [0.29, 0.717) is 12.4 Å². The topological polar surface area (TPSA) is 70.9 Å². The van der Waals surface area contributed by atoms with Gasteiger partial charge >= 0.3 is 5.69 Å². The largest absolute Gasteiger partial charge is 0.508 e. The first kappa shape index (κ1) is 16.1. The summed E-state index contributed by atoms with van der Waals surface area (Å²) in [4.78, 5) is 14.8. The first-order valence-electron chi connectivity index (χ1n) is 8.09. The fraction of sp³-hybridized carbons (Fsp3) is 0.263. The lowest BCUT2D eigenvalue weighted by atomic mass is 10.1. The zero-order valence-corrected chi connectivity index (χ0v) is 13.7. The Labute approximate surface area is 140 Å². The van der Waals surface area contributed by atoms with Crippen molar-refractivity contribution < 1.29 is 5.11 Å². The SMILES string of the molecule is Cc1ccc(Cn2nc(CCCc3ccc(O)cc3)[nH]c2=O)cc1. The number of phenols is 1. The number of benzene rings is 2. The van der Waals surface area contributed by atoms with Crippen molar-refractivity contribution in [2.24, 2.45) is 0 Å². The van der Waals surface area contributed by atoms with Crippen LogP contribution in [0.1, 0.15) is 28.9 Å². The van der Waals surface area contributed by atoms with E-state index in [1.165, 1.54) is 10.2 Å². The molecule has 0 aliphatic heterocycles. The van der Waals surface area contributed by atoms with Gasteiger partial charge in [0.15, 0.2) is 0 Å². The molecule has 2 aromatic carbocycles. The van der Waals surface area contributed by atoms with Crippen LogP contribution in [0.5, 0.6) is 5.75 Å². The van der Waals surface area contributed by atoms with Crippen LogP contribution in [0.2, 0.25) is 0 Å². The molecule has 0 saturated carbocycles. The number of rotatable bonds is 6. The molecule has 1 aromatic heterocycles. The number of aromatic amines is 1. The van der Waals surface area contributed by atoms with Crippen molar-refractivity contribution in [1.82, 2.24) is 14.8 Å². The summed E-state index contributed by atoms with van der Waals surface area (Å²) in [7, 11) is 0. The quantitative estimate of drug-likeness (QED) is 0.733. The third-order valence-electron chi connectivity index (χ3n) is 4.00. The van der Waals surface area contributed by atoms with Crippen LogP contribution in [0.4, 0.5) is 0 Å². The summed E-state index contributed by atoms with van der Waals surface area (Å²) in [5.74, 6) is 0.990. The number of hydrogen-bond donors (Lipinski definition) is 2. The third-order valence-corrected chi connectivity index (χ3v) is 4.00. The highest BCUT2D eigenvalue weighted by atomic mass is 16.3. The number of aromatic hydroxyl groups is 1. The molecule has 2 N–H and O–H groups in total. The van der Waals surface area contributed by atoms with E-state index >= 15 is 0 Å². The molecule has 124 valence electrons. The lowest BCUT2D eigenvalue weighted by molar-refractivity contribution is 0.475. The van der Waals surface area contributed by atoms with Crippen LogP contribution < -0.4 is 5.69 Å². The number of aryl methyl sites for hydroxylation is 3. The first-order chi connectivity index (χ1) is 11.6. The number of nitrogens with zero attached hydrogens (tertiary/aromatic N) is 2. The van der Waals surface area contributed by atoms with E-state index in [4.69, 9.17) is 0 Å². The molecule has 1 heterocycles. The Morgan fingerprint density at radius 3 is 2.38 bits per heavy atom. The summed E-state index contributed by atoms with van der Waals surface area (Å²) in [6, 6.07) is 15.3. The Morgan fingerprint density at radius 2 is 1.67 bits per heavy atom. The number of phenolic OH excluding ortho intramolecular Hbond substituents is 1. The van der Waals surface area contributed by atoms with E-state index in [1.54, 1.807) is 12.1 Å². The lowest BCUT2D eigenvalue weighted by Gasteiger charge is -2.01. The minimum absolute atomic E-state index is 0.171. The maximum Gasteiger partial charge on any atom is 0.343 e. The molecule has 0 aliphatic carbocycles. The van der Waals surface area contributed by atoms with Crippen molar-refractivity contribution in [3.05, 3.63) is 81.5 Å². The second-order valence-electron chi connectivity index (χ2n) is 6.04. The minimum atomic E-state index is -0.171. The zero-order chi connectivity index (χ0) is 16.9. The van der Waals surface area contributed by atoms with Crippen molar-refractivity contribution in [2.45, 2.75) is 32.7 Å². The van der Waals surface area contributed by atoms with Crippen LogP contribution in [0, 0.1) is 6.92 Å². The molecule has 0 saturated heterocycles. The summed E-state index contributed by atoms with van der Waals surface area (Å²) in [6.07, 6.45) is 2.49. The molecule has 0 unspecified atom stereocenters. The van der Waals surface area contributed by atoms with E-state index in [9.17, 15) is 9.90 Å². The summed E-state index contributed by atoms with van der Waals surface area (Å²) >= 11 is 0. The summed E-state index contributed by atoms with van der Waals surface area (Å²) < 4.78 is 1.47. The average Bonchev–Trinajstić information content (AvgIpc) is 2.91. The van der Waals surface area contributed by atoms with Gasteiger partial charge < -0.3 is 5.11 Å². The maximum atomic E-state index is 12.0. The minimum Gasteiger partial charge on any atom is -0.508 e. The molecule has 3 aromatic rings. The van der Waals surface area contributed by atoms with Gasteiger partial charge in [0, 0.05) is 6.42 Å². The van der Waals surface area contributed by atoms with Gasteiger partial charge in [-0.15, -0.1) is 0 Å². The van der Waals surface area contributed by atoms with Gasteiger partial charge in [0.25, 0.3) is 0 Å². The van der Waals surface area contributed by atoms with E-state index in [-0.39, 0.29) is 11.4 Å². The maximum absolute atomic E-state index is 12.0. The van der Waals surface area contributed by atoms with Gasteiger partial charge in [-0.1, -0.05) is 42.0 Å². The van der Waals surface area contributed by atoms with Crippen molar-refractivity contribution in [3.63, 3.8) is 0 Å². The highest BCUT2D eigenvalue weighted by Crippen LogP contribution is 2.12. The molecule has 5 nitrogen and oxygen atoms in total. The Bertz CT molecular complexity index is 846.